The van der Waals surface area contributed by atoms with Crippen molar-refractivity contribution in [3.8, 4) is 0 Å². The predicted molar refractivity (Wildman–Crippen MR) is 78.6 cm³/mol. The fourth-order valence-corrected chi connectivity index (χ4v) is 1.66. The third-order valence-electron chi connectivity index (χ3n) is 2.66. The Morgan fingerprint density at radius 1 is 1.43 bits per heavy atom. The first-order valence-corrected chi connectivity index (χ1v) is 6.66. The molecule has 0 aliphatic heterocycles. The van der Waals surface area contributed by atoms with Crippen LogP contribution in [0.2, 0.25) is 0 Å². The number of aromatic nitrogens is 1. The maximum atomic E-state index is 11.5. The second-order valence-corrected chi connectivity index (χ2v) is 5.83. The highest BCUT2D eigenvalue weighted by atomic mass is 16.6. The summed E-state index contributed by atoms with van der Waals surface area (Å²) >= 11 is 0. The van der Waals surface area contributed by atoms with E-state index < -0.39 is 23.9 Å². The number of carbonyl (C=O) groups is 1. The molecule has 1 aromatic rings. The highest BCUT2D eigenvalue weighted by Crippen LogP contribution is 2.19. The number of pyridine rings is 1. The molecule has 1 amide bonds. The van der Waals surface area contributed by atoms with Gasteiger partial charge in [0.15, 0.2) is 0 Å². The third kappa shape index (κ3) is 5.57. The lowest BCUT2D eigenvalue weighted by Gasteiger charge is -2.22. The van der Waals surface area contributed by atoms with Gasteiger partial charge in [-0.05, 0) is 39.3 Å². The van der Waals surface area contributed by atoms with Crippen molar-refractivity contribution in [3.05, 3.63) is 23.4 Å². The third-order valence-corrected chi connectivity index (χ3v) is 2.66. The minimum Gasteiger partial charge on any atom is -0.444 e. The molecule has 0 fully saturated rings. The number of alkyl carbamates (subject to hydrolysis) is 1. The first kappa shape index (κ1) is 17.2. The molecular weight excluding hydrogens is 274 g/mol. The Hall–Kier alpha value is -1.86. The van der Waals surface area contributed by atoms with E-state index in [4.69, 9.17) is 10.5 Å². The van der Waals surface area contributed by atoms with Crippen LogP contribution < -0.4 is 11.1 Å². The Bertz CT molecular complexity index is 499. The highest BCUT2D eigenvalue weighted by molar-refractivity contribution is 5.67. The average Bonchev–Trinajstić information content (AvgIpc) is 2.36. The summed E-state index contributed by atoms with van der Waals surface area (Å²) in [7, 11) is 0. The summed E-state index contributed by atoms with van der Waals surface area (Å²) < 4.78 is 5.04. The van der Waals surface area contributed by atoms with E-state index in [2.05, 4.69) is 10.3 Å². The Morgan fingerprint density at radius 3 is 2.62 bits per heavy atom. The number of hydrogen-bond acceptors (Lipinski definition) is 6. The fraction of sp³-hybridized carbons (Fsp3) is 0.571. The van der Waals surface area contributed by atoms with Crippen LogP contribution in [0, 0.1) is 6.92 Å². The van der Waals surface area contributed by atoms with Crippen LogP contribution in [0.5, 0.6) is 0 Å². The van der Waals surface area contributed by atoms with Crippen molar-refractivity contribution in [2.24, 2.45) is 0 Å². The Kier molecular flexibility index (Phi) is 5.51. The number of amides is 1. The van der Waals surface area contributed by atoms with Crippen LogP contribution in [-0.4, -0.2) is 39.5 Å². The topological polar surface area (TPSA) is 118 Å². The number of rotatable bonds is 4. The van der Waals surface area contributed by atoms with Crippen molar-refractivity contribution in [1.82, 2.24) is 10.3 Å². The van der Waals surface area contributed by atoms with E-state index in [-0.39, 0.29) is 18.1 Å². The molecule has 21 heavy (non-hydrogen) atoms. The van der Waals surface area contributed by atoms with Crippen LogP contribution >= 0.6 is 0 Å². The molecule has 7 heteroatoms. The van der Waals surface area contributed by atoms with Crippen molar-refractivity contribution < 1.29 is 19.7 Å². The molecule has 1 heterocycles. The lowest BCUT2D eigenvalue weighted by Crippen LogP contribution is -2.39. The normalized spacial score (nSPS) is 14.4. The Labute approximate surface area is 124 Å². The second kappa shape index (κ2) is 6.73. The number of ether oxygens (including phenoxy) is 1. The van der Waals surface area contributed by atoms with Crippen molar-refractivity contribution in [3.63, 3.8) is 0 Å². The summed E-state index contributed by atoms with van der Waals surface area (Å²) in [5.74, 6) is 0.252. The number of anilines is 1. The fourth-order valence-electron chi connectivity index (χ4n) is 1.66. The van der Waals surface area contributed by atoms with Gasteiger partial charge in [0.25, 0.3) is 0 Å². The lowest BCUT2D eigenvalue weighted by molar-refractivity contribution is 0.0106. The number of nitrogens with zero attached hydrogens (tertiary/aromatic N) is 1. The van der Waals surface area contributed by atoms with E-state index in [0.717, 1.165) is 0 Å². The molecule has 0 saturated heterocycles. The molecule has 118 valence electrons. The second-order valence-electron chi connectivity index (χ2n) is 5.83. The van der Waals surface area contributed by atoms with Gasteiger partial charge in [0.05, 0.1) is 5.69 Å². The number of aliphatic hydroxyl groups is 2. The van der Waals surface area contributed by atoms with Gasteiger partial charge in [0.1, 0.15) is 23.6 Å². The first-order chi connectivity index (χ1) is 9.60. The molecular formula is C14H23N3O4. The van der Waals surface area contributed by atoms with Gasteiger partial charge in [0, 0.05) is 6.54 Å². The standard InChI is InChI=1S/C14H23N3O4/c1-8-5-6-10(15)17-11(8)12(19)9(18)7-16-13(20)21-14(2,3)4/h5-6,9,12,18-19H,7H2,1-4H3,(H2,15,17)(H,16,20). The maximum absolute atomic E-state index is 11.5. The molecule has 0 aromatic carbocycles. The number of aryl methyl sites for hydroxylation is 1. The van der Waals surface area contributed by atoms with Crippen molar-refractivity contribution >= 4 is 11.9 Å². The van der Waals surface area contributed by atoms with Crippen LogP contribution in [0.15, 0.2) is 12.1 Å². The summed E-state index contributed by atoms with van der Waals surface area (Å²) in [6, 6.07) is 3.31. The van der Waals surface area contributed by atoms with Gasteiger partial charge in [-0.15, -0.1) is 0 Å². The van der Waals surface area contributed by atoms with E-state index in [0.29, 0.717) is 5.56 Å². The molecule has 0 radical (unpaired) electrons. The molecule has 1 rings (SSSR count). The summed E-state index contributed by atoms with van der Waals surface area (Å²) in [5, 5.41) is 22.4. The van der Waals surface area contributed by atoms with Gasteiger partial charge < -0.3 is 26.0 Å². The summed E-state index contributed by atoms with van der Waals surface area (Å²) in [6.45, 7) is 6.79. The van der Waals surface area contributed by atoms with Gasteiger partial charge in [0.2, 0.25) is 0 Å². The van der Waals surface area contributed by atoms with E-state index in [1.165, 1.54) is 0 Å². The summed E-state index contributed by atoms with van der Waals surface area (Å²) in [5.41, 5.74) is 5.93. The molecule has 0 saturated carbocycles. The number of hydrogen-bond donors (Lipinski definition) is 4. The smallest absolute Gasteiger partial charge is 0.407 e. The van der Waals surface area contributed by atoms with Gasteiger partial charge >= 0.3 is 6.09 Å². The van der Waals surface area contributed by atoms with Crippen LogP contribution in [0.25, 0.3) is 0 Å². The van der Waals surface area contributed by atoms with Crippen molar-refractivity contribution in [2.75, 3.05) is 12.3 Å². The maximum Gasteiger partial charge on any atom is 0.407 e. The Balaban J connectivity index is 2.61. The summed E-state index contributed by atoms with van der Waals surface area (Å²) in [4.78, 5) is 15.5. The minimum absolute atomic E-state index is 0.161. The number of nitrogens with one attached hydrogen (secondary N) is 1. The zero-order chi connectivity index (χ0) is 16.2. The average molecular weight is 297 g/mol. The van der Waals surface area contributed by atoms with Gasteiger partial charge in [-0.3, -0.25) is 0 Å². The van der Waals surface area contributed by atoms with E-state index in [9.17, 15) is 15.0 Å². The van der Waals surface area contributed by atoms with Crippen LogP contribution in [0.3, 0.4) is 0 Å². The zero-order valence-electron chi connectivity index (χ0n) is 12.8. The lowest BCUT2D eigenvalue weighted by atomic mass is 10.1. The van der Waals surface area contributed by atoms with Crippen LogP contribution in [0.4, 0.5) is 10.6 Å². The van der Waals surface area contributed by atoms with E-state index in [1.54, 1.807) is 39.8 Å². The number of carbonyl (C=O) groups excluding carboxylic acids is 1. The molecule has 0 spiro atoms. The Morgan fingerprint density at radius 2 is 2.05 bits per heavy atom. The predicted octanol–water partition coefficient (Wildman–Crippen LogP) is 0.891. The van der Waals surface area contributed by atoms with Crippen LogP contribution in [0.1, 0.15) is 38.1 Å². The number of aliphatic hydroxyl groups excluding tert-OH is 2. The largest absolute Gasteiger partial charge is 0.444 e. The van der Waals surface area contributed by atoms with E-state index >= 15 is 0 Å². The molecule has 0 bridgehead atoms. The molecule has 2 unspecified atom stereocenters. The van der Waals surface area contributed by atoms with Gasteiger partial charge in [-0.1, -0.05) is 6.07 Å². The quantitative estimate of drug-likeness (QED) is 0.655. The molecule has 0 aliphatic carbocycles. The molecule has 1 aromatic heterocycles. The molecule has 0 aliphatic rings. The minimum atomic E-state index is -1.25. The zero-order valence-corrected chi connectivity index (χ0v) is 12.8. The molecule has 7 nitrogen and oxygen atoms in total. The SMILES string of the molecule is Cc1ccc(N)nc1C(O)C(O)CNC(=O)OC(C)(C)C. The summed E-state index contributed by atoms with van der Waals surface area (Å²) in [6.07, 6.45) is -3.13. The number of nitrogen functional groups attached to an aromatic ring is 1. The monoisotopic (exact) mass is 297 g/mol. The molecule has 2 atom stereocenters. The first-order valence-electron chi connectivity index (χ1n) is 6.66. The highest BCUT2D eigenvalue weighted by Gasteiger charge is 2.23. The molecule has 5 N–H and O–H groups in total. The van der Waals surface area contributed by atoms with E-state index in [1.807, 2.05) is 0 Å². The van der Waals surface area contributed by atoms with Crippen molar-refractivity contribution in [2.45, 2.75) is 45.5 Å². The van der Waals surface area contributed by atoms with Crippen LogP contribution in [-0.2, 0) is 4.74 Å². The van der Waals surface area contributed by atoms with Gasteiger partial charge in [-0.2, -0.15) is 0 Å². The number of nitrogens with two attached hydrogens (primary N) is 1. The van der Waals surface area contributed by atoms with Crippen molar-refractivity contribution in [1.29, 1.82) is 0 Å². The van der Waals surface area contributed by atoms with Gasteiger partial charge in [-0.25, -0.2) is 9.78 Å².